The van der Waals surface area contributed by atoms with Gasteiger partial charge in [-0.3, -0.25) is 0 Å². The highest BCUT2D eigenvalue weighted by Gasteiger charge is 2.22. The Morgan fingerprint density at radius 1 is 1.32 bits per heavy atom. The summed E-state index contributed by atoms with van der Waals surface area (Å²) in [5.41, 5.74) is 2.37. The molecular formula is C18H25IN4OS. The predicted molar refractivity (Wildman–Crippen MR) is 114 cm³/mol. The van der Waals surface area contributed by atoms with Crippen LogP contribution in [0.1, 0.15) is 30.9 Å². The molecule has 0 spiro atoms. The van der Waals surface area contributed by atoms with Gasteiger partial charge in [0.2, 0.25) is 5.88 Å². The first kappa shape index (κ1) is 20.0. The van der Waals surface area contributed by atoms with Gasteiger partial charge in [0.25, 0.3) is 0 Å². The lowest BCUT2D eigenvalue weighted by molar-refractivity contribution is 0.288. The van der Waals surface area contributed by atoms with Crippen LogP contribution in [0.5, 0.6) is 5.88 Å². The van der Waals surface area contributed by atoms with Crippen molar-refractivity contribution in [2.75, 3.05) is 13.2 Å². The molecule has 136 valence electrons. The first-order valence-electron chi connectivity index (χ1n) is 8.44. The molecule has 1 fully saturated rings. The molecule has 0 radical (unpaired) electrons. The molecule has 0 saturated heterocycles. The van der Waals surface area contributed by atoms with Crippen LogP contribution in [0.4, 0.5) is 0 Å². The Labute approximate surface area is 170 Å². The molecule has 1 aliphatic carbocycles. The van der Waals surface area contributed by atoms with E-state index in [0.717, 1.165) is 30.6 Å². The van der Waals surface area contributed by atoms with Gasteiger partial charge in [0.15, 0.2) is 5.96 Å². The molecule has 25 heavy (non-hydrogen) atoms. The van der Waals surface area contributed by atoms with E-state index >= 15 is 0 Å². The van der Waals surface area contributed by atoms with Gasteiger partial charge in [0, 0.05) is 25.4 Å². The van der Waals surface area contributed by atoms with Gasteiger partial charge in [-0.05, 0) is 59.7 Å². The van der Waals surface area contributed by atoms with E-state index in [-0.39, 0.29) is 24.0 Å². The molecule has 3 rings (SSSR count). The van der Waals surface area contributed by atoms with Crippen molar-refractivity contribution in [1.29, 1.82) is 0 Å². The molecule has 2 N–H and O–H groups in total. The maximum Gasteiger partial charge on any atom is 0.213 e. The fourth-order valence-corrected chi connectivity index (χ4v) is 2.87. The quantitative estimate of drug-likeness (QED) is 0.349. The summed E-state index contributed by atoms with van der Waals surface area (Å²) in [6.07, 6.45) is 4.37. The van der Waals surface area contributed by atoms with Crippen LogP contribution in [0.15, 0.2) is 40.1 Å². The monoisotopic (exact) mass is 472 g/mol. The number of guanidine groups is 1. The zero-order chi connectivity index (χ0) is 16.6. The zero-order valence-corrected chi connectivity index (χ0v) is 17.6. The molecule has 0 atom stereocenters. The van der Waals surface area contributed by atoms with Crippen molar-refractivity contribution in [2.45, 2.75) is 32.9 Å². The number of ether oxygens (including phenoxy) is 1. The highest BCUT2D eigenvalue weighted by Crippen LogP contribution is 2.29. The standard InChI is InChI=1S/C18H24N4OS.HI/c1-2-19-18(22-11-16-6-8-24-13-16)21-10-15-5-7-20-17(9-15)23-12-14-3-4-14;/h5-9,13-14H,2-4,10-12H2,1H3,(H2,19,21,22);1H. The van der Waals surface area contributed by atoms with Gasteiger partial charge in [-0.1, -0.05) is 0 Å². The van der Waals surface area contributed by atoms with E-state index in [1.165, 1.54) is 18.4 Å². The Bertz CT molecular complexity index is 659. The third kappa shape index (κ3) is 7.19. The summed E-state index contributed by atoms with van der Waals surface area (Å²) >= 11 is 1.70. The Hall–Kier alpha value is -1.35. The van der Waals surface area contributed by atoms with E-state index in [9.17, 15) is 0 Å². The van der Waals surface area contributed by atoms with Gasteiger partial charge >= 0.3 is 0 Å². The maximum absolute atomic E-state index is 5.74. The van der Waals surface area contributed by atoms with Crippen LogP contribution < -0.4 is 15.4 Å². The Kier molecular flexibility index (Phi) is 8.47. The molecule has 0 unspecified atom stereocenters. The average molecular weight is 472 g/mol. The molecule has 1 aliphatic rings. The van der Waals surface area contributed by atoms with Crippen LogP contribution >= 0.6 is 35.3 Å². The number of thiophene rings is 1. The largest absolute Gasteiger partial charge is 0.477 e. The minimum Gasteiger partial charge on any atom is -0.477 e. The van der Waals surface area contributed by atoms with Crippen LogP contribution in [-0.4, -0.2) is 24.1 Å². The highest BCUT2D eigenvalue weighted by atomic mass is 127. The van der Waals surface area contributed by atoms with Crippen LogP contribution in [0.25, 0.3) is 0 Å². The Morgan fingerprint density at radius 3 is 2.92 bits per heavy atom. The number of aromatic nitrogens is 1. The summed E-state index contributed by atoms with van der Waals surface area (Å²) in [6, 6.07) is 6.10. The average Bonchev–Trinajstić information content (AvgIpc) is 3.29. The topological polar surface area (TPSA) is 58.5 Å². The van der Waals surface area contributed by atoms with Gasteiger partial charge in [0.1, 0.15) is 0 Å². The second-order valence-corrected chi connectivity index (χ2v) is 6.72. The molecule has 2 heterocycles. The first-order valence-corrected chi connectivity index (χ1v) is 9.38. The minimum atomic E-state index is 0. The van der Waals surface area contributed by atoms with E-state index < -0.39 is 0 Å². The van der Waals surface area contributed by atoms with Crippen molar-refractivity contribution < 1.29 is 4.74 Å². The second-order valence-electron chi connectivity index (χ2n) is 5.94. The predicted octanol–water partition coefficient (Wildman–Crippen LogP) is 3.81. The van der Waals surface area contributed by atoms with Crippen LogP contribution in [0.3, 0.4) is 0 Å². The number of halogens is 1. The summed E-state index contributed by atoms with van der Waals surface area (Å²) in [7, 11) is 0. The molecule has 0 aliphatic heterocycles. The van der Waals surface area contributed by atoms with E-state index in [1.54, 1.807) is 17.5 Å². The number of hydrogen-bond donors (Lipinski definition) is 2. The van der Waals surface area contributed by atoms with E-state index in [0.29, 0.717) is 19.0 Å². The number of nitrogens with one attached hydrogen (secondary N) is 2. The molecule has 0 bridgehead atoms. The lowest BCUT2D eigenvalue weighted by Gasteiger charge is -2.12. The highest BCUT2D eigenvalue weighted by molar-refractivity contribution is 14.0. The lowest BCUT2D eigenvalue weighted by Crippen LogP contribution is -2.36. The number of hydrogen-bond acceptors (Lipinski definition) is 4. The van der Waals surface area contributed by atoms with Crippen LogP contribution in [0, 0.1) is 5.92 Å². The minimum absolute atomic E-state index is 0. The summed E-state index contributed by atoms with van der Waals surface area (Å²) in [5.74, 6) is 2.26. The molecule has 5 nitrogen and oxygen atoms in total. The van der Waals surface area contributed by atoms with E-state index in [2.05, 4.69) is 44.4 Å². The van der Waals surface area contributed by atoms with Crippen LogP contribution in [0.2, 0.25) is 0 Å². The van der Waals surface area contributed by atoms with Crippen molar-refractivity contribution in [3.63, 3.8) is 0 Å². The molecule has 2 aromatic rings. The van der Waals surface area contributed by atoms with Gasteiger partial charge in [-0.2, -0.15) is 11.3 Å². The maximum atomic E-state index is 5.74. The SMILES string of the molecule is CCNC(=NCc1ccsc1)NCc1ccnc(OCC2CC2)c1.I. The smallest absolute Gasteiger partial charge is 0.213 e. The van der Waals surface area contributed by atoms with Gasteiger partial charge in [-0.25, -0.2) is 9.98 Å². The molecule has 7 heteroatoms. The Balaban J connectivity index is 0.00000225. The van der Waals surface area contributed by atoms with Crippen molar-refractivity contribution in [2.24, 2.45) is 10.9 Å². The summed E-state index contributed by atoms with van der Waals surface area (Å²) in [4.78, 5) is 8.89. The lowest BCUT2D eigenvalue weighted by atomic mass is 10.2. The van der Waals surface area contributed by atoms with Crippen LogP contribution in [-0.2, 0) is 13.1 Å². The number of aliphatic imine (C=N–C) groups is 1. The molecule has 0 aromatic carbocycles. The number of rotatable bonds is 8. The van der Waals surface area contributed by atoms with Crippen molar-refractivity contribution in [1.82, 2.24) is 15.6 Å². The molecule has 2 aromatic heterocycles. The van der Waals surface area contributed by atoms with Gasteiger partial charge in [0.05, 0.1) is 13.2 Å². The Morgan fingerprint density at radius 2 is 2.20 bits per heavy atom. The van der Waals surface area contributed by atoms with Crippen molar-refractivity contribution >= 4 is 41.3 Å². The molecule has 1 saturated carbocycles. The molecule has 0 amide bonds. The fraction of sp³-hybridized carbons (Fsp3) is 0.444. The van der Waals surface area contributed by atoms with Gasteiger partial charge < -0.3 is 15.4 Å². The second kappa shape index (κ2) is 10.6. The zero-order valence-electron chi connectivity index (χ0n) is 14.4. The van der Waals surface area contributed by atoms with Gasteiger partial charge in [-0.15, -0.1) is 24.0 Å². The first-order chi connectivity index (χ1) is 11.8. The summed E-state index contributed by atoms with van der Waals surface area (Å²) < 4.78 is 5.74. The fourth-order valence-electron chi connectivity index (χ4n) is 2.21. The summed E-state index contributed by atoms with van der Waals surface area (Å²) in [5, 5.41) is 10.8. The number of pyridine rings is 1. The summed E-state index contributed by atoms with van der Waals surface area (Å²) in [6.45, 7) is 5.07. The number of nitrogens with zero attached hydrogens (tertiary/aromatic N) is 2. The van der Waals surface area contributed by atoms with Crippen molar-refractivity contribution in [3.8, 4) is 5.88 Å². The third-order valence-corrected chi connectivity index (χ3v) is 4.50. The van der Waals surface area contributed by atoms with Crippen molar-refractivity contribution in [3.05, 3.63) is 46.3 Å². The normalized spacial score (nSPS) is 13.9. The third-order valence-electron chi connectivity index (χ3n) is 3.77. The van der Waals surface area contributed by atoms with E-state index in [1.807, 2.05) is 12.1 Å². The van der Waals surface area contributed by atoms with E-state index in [4.69, 9.17) is 4.74 Å². The molecular weight excluding hydrogens is 447 g/mol.